The minimum atomic E-state index is -4.67. The number of carbonyl (C=O) groups excluding carboxylic acids is 2. The number of fused-ring (bicyclic) bond motifs is 1. The lowest BCUT2D eigenvalue weighted by atomic mass is 9.91. The maximum atomic E-state index is 14.8. The van der Waals surface area contributed by atoms with Crippen LogP contribution in [0.4, 0.5) is 28.2 Å². The molecule has 2 amide bonds. The van der Waals surface area contributed by atoms with E-state index < -0.39 is 36.6 Å². The molecule has 1 aliphatic heterocycles. The number of hydrazine groups is 2. The van der Waals surface area contributed by atoms with E-state index in [9.17, 15) is 27.2 Å². The van der Waals surface area contributed by atoms with Crippen LogP contribution in [0.5, 0.6) is 0 Å². The standard InChI is InChI=1S/C23H27F4N7O3/c1-12(2)34(32-29)20(28)18-5-4-6-19(30-18)31-21(35)16-10-15-13(3)33(8-7-14(15)9-17(16)24)22(36)37-11-23(25,26)27/h4-6,9-10,12-13,28,32H,7-8,11,29H2,1-3H3,(H,30,31,35). The van der Waals surface area contributed by atoms with Crippen LogP contribution < -0.4 is 16.7 Å². The second-order valence-corrected chi connectivity index (χ2v) is 8.62. The van der Waals surface area contributed by atoms with Crippen molar-refractivity contribution in [2.75, 3.05) is 18.5 Å². The second-order valence-electron chi connectivity index (χ2n) is 8.62. The third-order valence-corrected chi connectivity index (χ3v) is 5.74. The van der Waals surface area contributed by atoms with Gasteiger partial charge < -0.3 is 15.0 Å². The number of ether oxygens (including phenoxy) is 1. The van der Waals surface area contributed by atoms with Crippen LogP contribution in [0.2, 0.25) is 0 Å². The summed E-state index contributed by atoms with van der Waals surface area (Å²) in [4.78, 5) is 30.4. The topological polar surface area (TPSA) is 137 Å². The van der Waals surface area contributed by atoms with Gasteiger partial charge in [0.05, 0.1) is 11.6 Å². The Labute approximate surface area is 210 Å². The lowest BCUT2D eigenvalue weighted by molar-refractivity contribution is -0.163. The van der Waals surface area contributed by atoms with Gasteiger partial charge in [0.2, 0.25) is 0 Å². The van der Waals surface area contributed by atoms with Crippen molar-refractivity contribution < 1.29 is 31.9 Å². The number of aromatic nitrogens is 1. The number of benzene rings is 1. The van der Waals surface area contributed by atoms with E-state index in [-0.39, 0.29) is 41.9 Å². The van der Waals surface area contributed by atoms with Crippen molar-refractivity contribution in [1.82, 2.24) is 20.4 Å². The summed E-state index contributed by atoms with van der Waals surface area (Å²) >= 11 is 0. The van der Waals surface area contributed by atoms with Gasteiger partial charge in [-0.25, -0.2) is 14.2 Å². The molecule has 1 unspecified atom stereocenters. The molecule has 0 bridgehead atoms. The first-order valence-corrected chi connectivity index (χ1v) is 11.3. The zero-order chi connectivity index (χ0) is 27.5. The fraction of sp³-hybridized carbons (Fsp3) is 0.391. The van der Waals surface area contributed by atoms with E-state index in [0.717, 1.165) is 4.90 Å². The minimum absolute atomic E-state index is 0.0313. The van der Waals surface area contributed by atoms with Gasteiger partial charge in [-0.2, -0.15) is 18.7 Å². The highest BCUT2D eigenvalue weighted by Crippen LogP contribution is 2.32. The van der Waals surface area contributed by atoms with Crippen molar-refractivity contribution in [3.05, 3.63) is 58.5 Å². The summed E-state index contributed by atoms with van der Waals surface area (Å²) in [6.07, 6.45) is -5.65. The molecule has 1 aromatic carbocycles. The van der Waals surface area contributed by atoms with E-state index in [4.69, 9.17) is 11.3 Å². The first kappa shape index (κ1) is 27.8. The van der Waals surface area contributed by atoms with Crippen LogP contribution in [0.15, 0.2) is 30.3 Å². The van der Waals surface area contributed by atoms with Crippen LogP contribution in [0.1, 0.15) is 54.0 Å². The average molecular weight is 526 g/mol. The molecule has 14 heteroatoms. The van der Waals surface area contributed by atoms with Crippen molar-refractivity contribution in [2.24, 2.45) is 5.84 Å². The number of anilines is 1. The quantitative estimate of drug-likeness (QED) is 0.149. The zero-order valence-electron chi connectivity index (χ0n) is 20.3. The highest BCUT2D eigenvalue weighted by atomic mass is 19.4. The molecule has 2 heterocycles. The number of alkyl halides is 3. The largest absolute Gasteiger partial charge is 0.440 e. The van der Waals surface area contributed by atoms with Crippen LogP contribution in [0.25, 0.3) is 0 Å². The van der Waals surface area contributed by atoms with Crippen molar-refractivity contribution in [3.8, 4) is 0 Å². The third-order valence-electron chi connectivity index (χ3n) is 5.74. The van der Waals surface area contributed by atoms with Gasteiger partial charge in [0.1, 0.15) is 17.3 Å². The summed E-state index contributed by atoms with van der Waals surface area (Å²) in [7, 11) is 0. The van der Waals surface area contributed by atoms with E-state index in [1.807, 2.05) is 0 Å². The SMILES string of the molecule is CC1c2cc(C(=O)Nc3cccc(C(=N)N(NN)C(C)C)n3)c(F)cc2CCN1C(=O)OCC(F)(F)F. The van der Waals surface area contributed by atoms with Crippen molar-refractivity contribution >= 4 is 23.7 Å². The predicted molar refractivity (Wildman–Crippen MR) is 126 cm³/mol. The molecule has 0 radical (unpaired) electrons. The molecule has 0 saturated heterocycles. The summed E-state index contributed by atoms with van der Waals surface area (Å²) < 4.78 is 56.5. The van der Waals surface area contributed by atoms with Crippen molar-refractivity contribution in [1.29, 1.82) is 5.41 Å². The lowest BCUT2D eigenvalue weighted by Gasteiger charge is -2.34. The second kappa shape index (κ2) is 11.1. The molecular formula is C23H27F4N7O3. The number of carbonyl (C=O) groups is 2. The monoisotopic (exact) mass is 525 g/mol. The highest BCUT2D eigenvalue weighted by molar-refractivity contribution is 6.04. The number of hydrogen-bond donors (Lipinski definition) is 4. The van der Waals surface area contributed by atoms with Crippen molar-refractivity contribution in [2.45, 2.75) is 45.5 Å². The summed E-state index contributed by atoms with van der Waals surface area (Å²) in [5.41, 5.74) is 3.18. The molecule has 37 heavy (non-hydrogen) atoms. The number of nitrogens with zero attached hydrogens (tertiary/aromatic N) is 3. The predicted octanol–water partition coefficient (Wildman–Crippen LogP) is 3.51. The van der Waals surface area contributed by atoms with Gasteiger partial charge >= 0.3 is 12.3 Å². The van der Waals surface area contributed by atoms with Crippen LogP contribution >= 0.6 is 0 Å². The number of hydrogen-bond acceptors (Lipinski definition) is 7. The highest BCUT2D eigenvalue weighted by Gasteiger charge is 2.34. The first-order valence-electron chi connectivity index (χ1n) is 11.3. The third kappa shape index (κ3) is 6.51. The van der Waals surface area contributed by atoms with Crippen LogP contribution in [0, 0.1) is 11.2 Å². The molecule has 0 fully saturated rings. The van der Waals surface area contributed by atoms with Gasteiger partial charge in [0.25, 0.3) is 5.91 Å². The Kier molecular flexibility index (Phi) is 8.33. The van der Waals surface area contributed by atoms with Crippen LogP contribution in [-0.4, -0.2) is 58.1 Å². The van der Waals surface area contributed by atoms with E-state index in [1.165, 1.54) is 23.2 Å². The number of nitrogens with one attached hydrogen (secondary N) is 3. The Balaban J connectivity index is 1.80. The summed E-state index contributed by atoms with van der Waals surface area (Å²) in [6, 6.07) is 6.06. The summed E-state index contributed by atoms with van der Waals surface area (Å²) in [6.45, 7) is 3.46. The maximum Gasteiger partial charge on any atom is 0.422 e. The molecule has 5 N–H and O–H groups in total. The molecule has 1 aromatic heterocycles. The van der Waals surface area contributed by atoms with E-state index in [1.54, 1.807) is 32.9 Å². The van der Waals surface area contributed by atoms with Crippen LogP contribution in [-0.2, 0) is 11.2 Å². The zero-order valence-corrected chi connectivity index (χ0v) is 20.3. The van der Waals surface area contributed by atoms with Gasteiger partial charge in [-0.3, -0.25) is 21.1 Å². The molecule has 10 nitrogen and oxygen atoms in total. The van der Waals surface area contributed by atoms with Gasteiger partial charge in [0.15, 0.2) is 12.4 Å². The van der Waals surface area contributed by atoms with Gasteiger partial charge in [-0.1, -0.05) is 6.07 Å². The average Bonchev–Trinajstić information content (AvgIpc) is 2.82. The maximum absolute atomic E-state index is 14.8. The molecule has 1 atom stereocenters. The molecule has 0 spiro atoms. The lowest BCUT2D eigenvalue weighted by Crippen LogP contribution is -2.51. The van der Waals surface area contributed by atoms with Gasteiger partial charge in [0, 0.05) is 12.6 Å². The number of rotatable bonds is 6. The fourth-order valence-electron chi connectivity index (χ4n) is 3.90. The Hall–Kier alpha value is -3.78. The van der Waals surface area contributed by atoms with Crippen molar-refractivity contribution in [3.63, 3.8) is 0 Å². The number of halogens is 4. The Bertz CT molecular complexity index is 1190. The molecule has 1 aliphatic rings. The number of pyridine rings is 1. The van der Waals surface area contributed by atoms with E-state index >= 15 is 0 Å². The first-order chi connectivity index (χ1) is 17.3. The molecular weight excluding hydrogens is 498 g/mol. The minimum Gasteiger partial charge on any atom is -0.440 e. The van der Waals surface area contributed by atoms with E-state index in [2.05, 4.69) is 20.6 Å². The van der Waals surface area contributed by atoms with E-state index in [0.29, 0.717) is 11.1 Å². The summed E-state index contributed by atoms with van der Waals surface area (Å²) in [5, 5.41) is 12.1. The Morgan fingerprint density at radius 2 is 2.03 bits per heavy atom. The number of amides is 2. The molecule has 200 valence electrons. The Morgan fingerprint density at radius 1 is 1.32 bits per heavy atom. The molecule has 0 saturated carbocycles. The molecule has 0 aliphatic carbocycles. The normalized spacial score (nSPS) is 15.3. The fourth-order valence-corrected chi connectivity index (χ4v) is 3.90. The summed E-state index contributed by atoms with van der Waals surface area (Å²) in [5.74, 6) is 3.82. The smallest absolute Gasteiger partial charge is 0.422 e. The van der Waals surface area contributed by atoms with Crippen LogP contribution in [0.3, 0.4) is 0 Å². The molecule has 2 aromatic rings. The molecule has 3 rings (SSSR count). The van der Waals surface area contributed by atoms with Gasteiger partial charge in [-0.15, -0.1) is 0 Å². The van der Waals surface area contributed by atoms with Gasteiger partial charge in [-0.05, 0) is 62.6 Å². The number of amidine groups is 1. The Morgan fingerprint density at radius 3 is 2.65 bits per heavy atom. The number of nitrogens with two attached hydrogens (primary N) is 1.